The molecule has 6 aromatic rings. The van der Waals surface area contributed by atoms with Gasteiger partial charge in [0.2, 0.25) is 5.90 Å². The Morgan fingerprint density at radius 2 is 1.03 bits per heavy atom. The van der Waals surface area contributed by atoms with E-state index >= 15 is 0 Å². The van der Waals surface area contributed by atoms with E-state index in [0.717, 1.165) is 17.0 Å². The standard InChI is InChI=1S/C36H30N2O/c1-35(2)36(3,4)39-34(38-35)31-22-12-21-30(37-31)33-28-18-9-7-16-26(28)32(27-17-8-10-19-29(27)33)25-20-11-14-23-13-5-6-15-24(23)25/h5-22H,1-4H3. The predicted molar refractivity (Wildman–Crippen MR) is 163 cm³/mol. The van der Waals surface area contributed by atoms with Crippen molar-refractivity contribution in [1.29, 1.82) is 0 Å². The van der Waals surface area contributed by atoms with Crippen molar-refractivity contribution in [3.63, 3.8) is 0 Å². The minimum absolute atomic E-state index is 0.334. The second-order valence-corrected chi connectivity index (χ2v) is 11.4. The molecule has 0 amide bonds. The van der Waals surface area contributed by atoms with Crippen molar-refractivity contribution in [2.45, 2.75) is 38.8 Å². The molecule has 7 rings (SSSR count). The maximum absolute atomic E-state index is 6.32. The van der Waals surface area contributed by atoms with Gasteiger partial charge in [0.15, 0.2) is 0 Å². The maximum Gasteiger partial charge on any atom is 0.236 e. The first-order valence-electron chi connectivity index (χ1n) is 13.5. The summed E-state index contributed by atoms with van der Waals surface area (Å²) in [6.07, 6.45) is 0. The van der Waals surface area contributed by atoms with E-state index in [1.165, 1.54) is 43.4 Å². The molecule has 0 bridgehead atoms. The highest BCUT2D eigenvalue weighted by atomic mass is 16.5. The lowest BCUT2D eigenvalue weighted by Crippen LogP contribution is -2.41. The van der Waals surface area contributed by atoms with Crippen molar-refractivity contribution in [2.24, 2.45) is 4.99 Å². The number of aromatic nitrogens is 1. The van der Waals surface area contributed by atoms with Gasteiger partial charge in [-0.1, -0.05) is 97.1 Å². The molecule has 1 aliphatic heterocycles. The topological polar surface area (TPSA) is 34.5 Å². The fraction of sp³-hybridized carbons (Fsp3) is 0.167. The zero-order valence-corrected chi connectivity index (χ0v) is 22.7. The van der Waals surface area contributed by atoms with Gasteiger partial charge in [0.1, 0.15) is 11.3 Å². The number of benzene rings is 5. The molecule has 190 valence electrons. The Bertz CT molecular complexity index is 1890. The molecule has 0 atom stereocenters. The third-order valence-electron chi connectivity index (χ3n) is 8.42. The van der Waals surface area contributed by atoms with E-state index < -0.39 is 5.60 Å². The molecule has 0 spiro atoms. The minimum atomic E-state index is -0.403. The molecular weight excluding hydrogens is 476 g/mol. The van der Waals surface area contributed by atoms with E-state index in [0.29, 0.717) is 5.90 Å². The fourth-order valence-electron chi connectivity index (χ4n) is 5.72. The molecule has 0 saturated carbocycles. The second-order valence-electron chi connectivity index (χ2n) is 11.4. The Kier molecular flexibility index (Phi) is 5.15. The van der Waals surface area contributed by atoms with Crippen LogP contribution in [0.1, 0.15) is 33.4 Å². The van der Waals surface area contributed by atoms with Crippen LogP contribution in [0.25, 0.3) is 54.7 Å². The molecule has 5 aromatic carbocycles. The smallest absolute Gasteiger partial charge is 0.236 e. The number of hydrogen-bond acceptors (Lipinski definition) is 3. The average molecular weight is 507 g/mol. The van der Waals surface area contributed by atoms with Crippen LogP contribution in [0.15, 0.2) is 114 Å². The third-order valence-corrected chi connectivity index (χ3v) is 8.42. The Balaban J connectivity index is 1.52. The monoisotopic (exact) mass is 506 g/mol. The Hall–Kier alpha value is -4.50. The van der Waals surface area contributed by atoms with Gasteiger partial charge in [-0.2, -0.15) is 0 Å². The molecule has 0 saturated heterocycles. The van der Waals surface area contributed by atoms with Crippen molar-refractivity contribution < 1.29 is 4.74 Å². The molecule has 3 heteroatoms. The highest BCUT2D eigenvalue weighted by molar-refractivity contribution is 6.23. The molecule has 1 aromatic heterocycles. The van der Waals surface area contributed by atoms with E-state index in [4.69, 9.17) is 14.7 Å². The molecule has 0 fully saturated rings. The quantitative estimate of drug-likeness (QED) is 0.224. The zero-order valence-electron chi connectivity index (χ0n) is 22.7. The van der Waals surface area contributed by atoms with Crippen LogP contribution in [-0.2, 0) is 4.74 Å². The lowest BCUT2D eigenvalue weighted by molar-refractivity contribution is 0.0617. The summed E-state index contributed by atoms with van der Waals surface area (Å²) in [5.41, 5.74) is 4.57. The molecule has 0 aliphatic carbocycles. The van der Waals surface area contributed by atoms with E-state index in [1.54, 1.807) is 0 Å². The van der Waals surface area contributed by atoms with Crippen molar-refractivity contribution in [1.82, 2.24) is 4.98 Å². The first-order chi connectivity index (χ1) is 18.8. The highest BCUT2D eigenvalue weighted by Crippen LogP contribution is 2.45. The van der Waals surface area contributed by atoms with E-state index in [-0.39, 0.29) is 5.54 Å². The van der Waals surface area contributed by atoms with Gasteiger partial charge in [0.05, 0.1) is 11.2 Å². The number of nitrogens with zero attached hydrogens (tertiary/aromatic N) is 2. The SMILES string of the molecule is CC1(C)N=C(c2cccc(-c3c4ccccc4c(-c4cccc5ccccc45)c4ccccc34)n2)OC1(C)C. The molecule has 1 aliphatic rings. The zero-order chi connectivity index (χ0) is 26.8. The number of fused-ring (bicyclic) bond motifs is 3. The van der Waals surface area contributed by atoms with Gasteiger partial charge in [0, 0.05) is 5.56 Å². The molecule has 0 unspecified atom stereocenters. The lowest BCUT2D eigenvalue weighted by atomic mass is 9.86. The molecule has 2 heterocycles. The Morgan fingerprint density at radius 1 is 0.513 bits per heavy atom. The number of pyridine rings is 1. The number of hydrogen-bond donors (Lipinski definition) is 0. The average Bonchev–Trinajstić information content (AvgIpc) is 3.18. The summed E-state index contributed by atoms with van der Waals surface area (Å²) in [4.78, 5) is 10.1. The summed E-state index contributed by atoms with van der Waals surface area (Å²) in [6, 6.07) is 38.8. The van der Waals surface area contributed by atoms with Crippen LogP contribution in [0, 0.1) is 0 Å². The minimum Gasteiger partial charge on any atom is -0.468 e. The largest absolute Gasteiger partial charge is 0.468 e. The van der Waals surface area contributed by atoms with Crippen LogP contribution in [0.4, 0.5) is 0 Å². The molecule has 39 heavy (non-hydrogen) atoms. The summed E-state index contributed by atoms with van der Waals surface area (Å²) < 4.78 is 6.32. The summed E-state index contributed by atoms with van der Waals surface area (Å²) in [5.74, 6) is 0.604. The van der Waals surface area contributed by atoms with E-state index in [2.05, 4.69) is 131 Å². The van der Waals surface area contributed by atoms with E-state index in [9.17, 15) is 0 Å². The van der Waals surface area contributed by atoms with Gasteiger partial charge in [-0.3, -0.25) is 0 Å². The predicted octanol–water partition coefficient (Wildman–Crippen LogP) is 9.21. The first kappa shape index (κ1) is 23.6. The second kappa shape index (κ2) is 8.51. The summed E-state index contributed by atoms with van der Waals surface area (Å²) >= 11 is 0. The summed E-state index contributed by atoms with van der Waals surface area (Å²) in [6.45, 7) is 8.38. The van der Waals surface area contributed by atoms with Crippen LogP contribution in [0.5, 0.6) is 0 Å². The van der Waals surface area contributed by atoms with Gasteiger partial charge in [0.25, 0.3) is 0 Å². The van der Waals surface area contributed by atoms with Crippen LogP contribution in [0.2, 0.25) is 0 Å². The maximum atomic E-state index is 6.32. The van der Waals surface area contributed by atoms with Crippen LogP contribution in [-0.4, -0.2) is 22.0 Å². The summed E-state index contributed by atoms with van der Waals surface area (Å²) in [5, 5.41) is 7.28. The van der Waals surface area contributed by atoms with Crippen molar-refractivity contribution in [3.8, 4) is 22.4 Å². The van der Waals surface area contributed by atoms with Gasteiger partial charge in [-0.15, -0.1) is 0 Å². The van der Waals surface area contributed by atoms with E-state index in [1.807, 2.05) is 6.07 Å². The Labute approximate surface area is 228 Å². The molecule has 0 N–H and O–H groups in total. The van der Waals surface area contributed by atoms with Gasteiger partial charge < -0.3 is 4.74 Å². The lowest BCUT2D eigenvalue weighted by Gasteiger charge is -2.30. The van der Waals surface area contributed by atoms with Crippen LogP contribution in [0.3, 0.4) is 0 Å². The molecule has 0 radical (unpaired) electrons. The number of ether oxygens (including phenoxy) is 1. The molecule has 3 nitrogen and oxygen atoms in total. The third kappa shape index (κ3) is 3.64. The van der Waals surface area contributed by atoms with Crippen molar-refractivity contribution in [2.75, 3.05) is 0 Å². The fourth-order valence-corrected chi connectivity index (χ4v) is 5.72. The van der Waals surface area contributed by atoms with Crippen molar-refractivity contribution >= 4 is 38.2 Å². The Morgan fingerprint density at radius 3 is 1.64 bits per heavy atom. The highest BCUT2D eigenvalue weighted by Gasteiger charge is 2.46. The first-order valence-corrected chi connectivity index (χ1v) is 13.5. The number of rotatable bonds is 3. The van der Waals surface area contributed by atoms with Gasteiger partial charge >= 0.3 is 0 Å². The van der Waals surface area contributed by atoms with Gasteiger partial charge in [-0.25, -0.2) is 9.98 Å². The normalized spacial score (nSPS) is 15.9. The summed E-state index contributed by atoms with van der Waals surface area (Å²) in [7, 11) is 0. The van der Waals surface area contributed by atoms with Crippen molar-refractivity contribution in [3.05, 3.63) is 115 Å². The van der Waals surface area contributed by atoms with Crippen LogP contribution < -0.4 is 0 Å². The van der Waals surface area contributed by atoms with Gasteiger partial charge in [-0.05, 0) is 83.3 Å². The van der Waals surface area contributed by atoms with Crippen LogP contribution >= 0.6 is 0 Å². The molecular formula is C36H30N2O. The number of aliphatic imine (C=N–C) groups is 1.